The summed E-state index contributed by atoms with van der Waals surface area (Å²) in [6.07, 6.45) is 0.487. The second kappa shape index (κ2) is 4.44. The van der Waals surface area contributed by atoms with Crippen LogP contribution in [0.2, 0.25) is 0 Å². The van der Waals surface area contributed by atoms with Crippen LogP contribution in [-0.4, -0.2) is 25.8 Å². The van der Waals surface area contributed by atoms with Crippen molar-refractivity contribution in [3.8, 4) is 10.7 Å². The topological polar surface area (TPSA) is 68.0 Å². The lowest BCUT2D eigenvalue weighted by Crippen LogP contribution is -2.03. The Morgan fingerprint density at radius 2 is 2.44 bits per heavy atom. The first-order valence-corrected chi connectivity index (χ1v) is 5.70. The molecule has 84 valence electrons. The normalized spacial score (nSPS) is 10.6. The molecule has 0 aromatic carbocycles. The number of carboxylic acid groups (broad SMARTS) is 1. The number of nitrogens with zero attached hydrogens (tertiary/aromatic N) is 3. The fraction of sp³-hybridized carbons (Fsp3) is 0.300. The summed E-state index contributed by atoms with van der Waals surface area (Å²) in [5.41, 5.74) is 0. The predicted octanol–water partition coefficient (Wildman–Crippen LogP) is 1.56. The van der Waals surface area contributed by atoms with E-state index < -0.39 is 5.97 Å². The highest BCUT2D eigenvalue weighted by Gasteiger charge is 2.10. The predicted molar refractivity (Wildman–Crippen MR) is 60.3 cm³/mol. The van der Waals surface area contributed by atoms with Gasteiger partial charge in [-0.25, -0.2) is 4.98 Å². The average molecular weight is 237 g/mol. The molecule has 16 heavy (non-hydrogen) atoms. The molecule has 2 rings (SSSR count). The van der Waals surface area contributed by atoms with Crippen LogP contribution in [0, 0.1) is 0 Å². The van der Waals surface area contributed by atoms with Gasteiger partial charge in [-0.3, -0.25) is 9.48 Å². The SMILES string of the molecule is Cn1nc(-c2cccs2)nc1CCC(=O)O. The van der Waals surface area contributed by atoms with E-state index in [9.17, 15) is 4.79 Å². The number of carbonyl (C=O) groups is 1. The van der Waals surface area contributed by atoms with Crippen LogP contribution in [0.15, 0.2) is 17.5 Å². The number of aliphatic carboxylic acids is 1. The molecule has 2 aromatic heterocycles. The Morgan fingerprint density at radius 1 is 1.62 bits per heavy atom. The third-order valence-electron chi connectivity index (χ3n) is 2.16. The summed E-state index contributed by atoms with van der Waals surface area (Å²) in [6, 6.07) is 3.88. The van der Waals surface area contributed by atoms with Crippen molar-refractivity contribution in [1.82, 2.24) is 14.8 Å². The lowest BCUT2D eigenvalue weighted by atomic mass is 10.3. The molecule has 0 bridgehead atoms. The van der Waals surface area contributed by atoms with Gasteiger partial charge in [-0.15, -0.1) is 11.3 Å². The van der Waals surface area contributed by atoms with Crippen LogP contribution in [0.4, 0.5) is 0 Å². The zero-order valence-electron chi connectivity index (χ0n) is 8.75. The first-order valence-electron chi connectivity index (χ1n) is 4.82. The Morgan fingerprint density at radius 3 is 3.06 bits per heavy atom. The summed E-state index contributed by atoms with van der Waals surface area (Å²) in [7, 11) is 1.78. The molecule has 5 nitrogen and oxygen atoms in total. The van der Waals surface area contributed by atoms with Gasteiger partial charge in [0.1, 0.15) is 5.82 Å². The van der Waals surface area contributed by atoms with Crippen molar-refractivity contribution < 1.29 is 9.90 Å². The standard InChI is InChI=1S/C10H11N3O2S/c1-13-8(4-5-9(14)15)11-10(12-13)7-3-2-6-16-7/h2-3,6H,4-5H2,1H3,(H,14,15). The van der Waals surface area contributed by atoms with E-state index in [1.165, 1.54) is 0 Å². The van der Waals surface area contributed by atoms with Crippen LogP contribution in [0.25, 0.3) is 10.7 Å². The molecule has 0 unspecified atom stereocenters. The Kier molecular flexibility index (Phi) is 3.00. The van der Waals surface area contributed by atoms with Gasteiger partial charge in [-0.1, -0.05) is 6.07 Å². The average Bonchev–Trinajstić information content (AvgIpc) is 2.83. The lowest BCUT2D eigenvalue weighted by molar-refractivity contribution is -0.137. The molecule has 2 aromatic rings. The van der Waals surface area contributed by atoms with Crippen LogP contribution in [0.5, 0.6) is 0 Å². The smallest absolute Gasteiger partial charge is 0.303 e. The molecule has 1 N–H and O–H groups in total. The highest BCUT2D eigenvalue weighted by atomic mass is 32.1. The summed E-state index contributed by atoms with van der Waals surface area (Å²) in [6.45, 7) is 0. The third kappa shape index (κ3) is 2.27. The van der Waals surface area contributed by atoms with Gasteiger partial charge in [0.15, 0.2) is 5.82 Å². The first kappa shape index (κ1) is 10.8. The van der Waals surface area contributed by atoms with Gasteiger partial charge in [0, 0.05) is 13.5 Å². The summed E-state index contributed by atoms with van der Waals surface area (Å²) in [5, 5.41) is 14.8. The molecule has 0 spiro atoms. The van der Waals surface area contributed by atoms with Gasteiger partial charge in [-0.05, 0) is 11.4 Å². The number of carboxylic acids is 1. The molecule has 0 aliphatic rings. The Bertz CT molecular complexity index is 490. The van der Waals surface area contributed by atoms with Crippen molar-refractivity contribution >= 4 is 17.3 Å². The molecule has 0 fully saturated rings. The fourth-order valence-electron chi connectivity index (χ4n) is 1.36. The second-order valence-corrected chi connectivity index (χ2v) is 4.29. The summed E-state index contributed by atoms with van der Waals surface area (Å²) < 4.78 is 1.64. The van der Waals surface area contributed by atoms with Crippen LogP contribution in [0.1, 0.15) is 12.2 Å². The van der Waals surface area contributed by atoms with E-state index in [0.29, 0.717) is 18.1 Å². The maximum atomic E-state index is 10.5. The molecular weight excluding hydrogens is 226 g/mol. The number of rotatable bonds is 4. The van der Waals surface area contributed by atoms with Gasteiger partial charge in [-0.2, -0.15) is 5.10 Å². The number of thiophene rings is 1. The van der Waals surface area contributed by atoms with E-state index >= 15 is 0 Å². The van der Waals surface area contributed by atoms with Gasteiger partial charge in [0.2, 0.25) is 0 Å². The summed E-state index contributed by atoms with van der Waals surface area (Å²) >= 11 is 1.57. The fourth-order valence-corrected chi connectivity index (χ4v) is 2.02. The molecule has 0 aliphatic carbocycles. The molecule has 6 heteroatoms. The Labute approximate surface area is 96.4 Å². The minimum absolute atomic E-state index is 0.0798. The zero-order chi connectivity index (χ0) is 11.5. The van der Waals surface area contributed by atoms with Crippen LogP contribution >= 0.6 is 11.3 Å². The maximum Gasteiger partial charge on any atom is 0.303 e. The molecule has 0 amide bonds. The van der Waals surface area contributed by atoms with E-state index in [-0.39, 0.29) is 6.42 Å². The molecule has 2 heterocycles. The maximum absolute atomic E-state index is 10.5. The van der Waals surface area contributed by atoms with Crippen molar-refractivity contribution in [3.63, 3.8) is 0 Å². The van der Waals surface area contributed by atoms with Crippen molar-refractivity contribution in [2.45, 2.75) is 12.8 Å². The monoisotopic (exact) mass is 237 g/mol. The van der Waals surface area contributed by atoms with Gasteiger partial charge in [0.25, 0.3) is 0 Å². The van der Waals surface area contributed by atoms with Crippen molar-refractivity contribution in [3.05, 3.63) is 23.3 Å². The molecule has 0 atom stereocenters. The summed E-state index contributed by atoms with van der Waals surface area (Å²) in [4.78, 5) is 15.8. The summed E-state index contributed by atoms with van der Waals surface area (Å²) in [5.74, 6) is 0.546. The zero-order valence-corrected chi connectivity index (χ0v) is 9.57. The highest BCUT2D eigenvalue weighted by Crippen LogP contribution is 2.21. The van der Waals surface area contributed by atoms with Crippen LogP contribution < -0.4 is 0 Å². The lowest BCUT2D eigenvalue weighted by Gasteiger charge is -1.95. The number of aryl methyl sites for hydroxylation is 2. The molecule has 0 saturated heterocycles. The molecular formula is C10H11N3O2S. The van der Waals surface area contributed by atoms with Crippen molar-refractivity contribution in [1.29, 1.82) is 0 Å². The number of aromatic nitrogens is 3. The van der Waals surface area contributed by atoms with Gasteiger partial charge < -0.3 is 5.11 Å². The minimum atomic E-state index is -0.819. The van der Waals surface area contributed by atoms with E-state index in [0.717, 1.165) is 4.88 Å². The highest BCUT2D eigenvalue weighted by molar-refractivity contribution is 7.13. The number of hydrogen-bond donors (Lipinski definition) is 1. The van der Waals surface area contributed by atoms with E-state index in [4.69, 9.17) is 5.11 Å². The largest absolute Gasteiger partial charge is 0.481 e. The minimum Gasteiger partial charge on any atom is -0.481 e. The van der Waals surface area contributed by atoms with Gasteiger partial charge in [0.05, 0.1) is 11.3 Å². The van der Waals surface area contributed by atoms with E-state index in [1.807, 2.05) is 17.5 Å². The quantitative estimate of drug-likeness (QED) is 0.876. The van der Waals surface area contributed by atoms with Crippen LogP contribution in [0.3, 0.4) is 0 Å². The second-order valence-electron chi connectivity index (χ2n) is 3.35. The van der Waals surface area contributed by atoms with E-state index in [1.54, 1.807) is 23.1 Å². The Hall–Kier alpha value is -1.69. The Balaban J connectivity index is 2.19. The van der Waals surface area contributed by atoms with Crippen molar-refractivity contribution in [2.75, 3.05) is 0 Å². The molecule has 0 aliphatic heterocycles. The first-order chi connectivity index (χ1) is 7.66. The third-order valence-corrected chi connectivity index (χ3v) is 3.02. The molecule has 0 radical (unpaired) electrons. The molecule has 0 saturated carbocycles. The van der Waals surface area contributed by atoms with Gasteiger partial charge >= 0.3 is 5.97 Å². The van der Waals surface area contributed by atoms with Crippen LogP contribution in [-0.2, 0) is 18.3 Å². The number of hydrogen-bond acceptors (Lipinski definition) is 4. The van der Waals surface area contributed by atoms with E-state index in [2.05, 4.69) is 10.1 Å². The van der Waals surface area contributed by atoms with Crippen molar-refractivity contribution in [2.24, 2.45) is 7.05 Å².